The molecular weight excluding hydrogens is 184 g/mol. The zero-order valence-electron chi connectivity index (χ0n) is 6.79. The van der Waals surface area contributed by atoms with Crippen LogP contribution in [-0.4, -0.2) is 42.3 Å². The van der Waals surface area contributed by atoms with Gasteiger partial charge in [0.25, 0.3) is 0 Å². The van der Waals surface area contributed by atoms with E-state index in [1.807, 2.05) is 0 Å². The summed E-state index contributed by atoms with van der Waals surface area (Å²) >= 11 is 6.76. The van der Waals surface area contributed by atoms with E-state index >= 15 is 0 Å². The van der Waals surface area contributed by atoms with Gasteiger partial charge in [0, 0.05) is 6.42 Å². The number of hydrogen-bond donors (Lipinski definition) is 1. The van der Waals surface area contributed by atoms with Crippen LogP contribution in [0.3, 0.4) is 0 Å². The van der Waals surface area contributed by atoms with E-state index in [2.05, 4.69) is 6.26 Å². The van der Waals surface area contributed by atoms with Gasteiger partial charge in [0.1, 0.15) is 5.75 Å². The van der Waals surface area contributed by atoms with Crippen molar-refractivity contribution < 1.29 is 9.84 Å². The van der Waals surface area contributed by atoms with Crippen molar-refractivity contribution in [3.63, 3.8) is 0 Å². The highest BCUT2D eigenvalue weighted by atomic mass is 35.5. The predicted octanol–water partition coefficient (Wildman–Crippen LogP) is 0.437. The summed E-state index contributed by atoms with van der Waals surface area (Å²) in [5.74, 6) is 1.42. The molecule has 1 atom stereocenters. The average Bonchev–Trinajstić information content (AvgIpc) is 2.04. The minimum Gasteiger partial charge on any atom is -0.389 e. The molecule has 1 N–H and O–H groups in total. The van der Waals surface area contributed by atoms with Crippen molar-refractivity contribution in [2.75, 3.05) is 31.1 Å². The summed E-state index contributed by atoms with van der Waals surface area (Å²) in [5.41, 5.74) is 0. The second-order valence-electron chi connectivity index (χ2n) is 2.28. The molecule has 0 aromatic carbocycles. The van der Waals surface area contributed by atoms with Gasteiger partial charge in [0.15, 0.2) is 0 Å². The summed E-state index contributed by atoms with van der Waals surface area (Å²) in [4.78, 5) is 0. The first-order valence-electron chi connectivity index (χ1n) is 3.68. The SMILES string of the molecule is C[SH+]CCCOCC(O)CCl. The van der Waals surface area contributed by atoms with Gasteiger partial charge >= 0.3 is 0 Å². The van der Waals surface area contributed by atoms with E-state index in [0.717, 1.165) is 18.8 Å². The molecule has 68 valence electrons. The number of thiol groups is 1. The highest BCUT2D eigenvalue weighted by Crippen LogP contribution is 1.90. The largest absolute Gasteiger partial charge is 0.389 e. The maximum atomic E-state index is 8.96. The van der Waals surface area contributed by atoms with Crippen LogP contribution in [0.25, 0.3) is 0 Å². The molecule has 0 fully saturated rings. The Bertz CT molecular complexity index is 82.8. The standard InChI is InChI=1S/C7H15ClO2S/c1-11-4-2-3-10-6-7(9)5-8/h7,9H,2-6H2,1H3/p+1. The lowest BCUT2D eigenvalue weighted by molar-refractivity contribution is 0.0486. The molecule has 0 aliphatic carbocycles. The van der Waals surface area contributed by atoms with Crippen molar-refractivity contribution in [3.05, 3.63) is 0 Å². The van der Waals surface area contributed by atoms with Crippen LogP contribution in [0.2, 0.25) is 0 Å². The third kappa shape index (κ3) is 8.47. The molecule has 0 rings (SSSR count). The van der Waals surface area contributed by atoms with Crippen molar-refractivity contribution >= 4 is 23.4 Å². The first-order valence-corrected chi connectivity index (χ1v) is 5.74. The molecule has 0 aliphatic rings. The molecule has 0 amide bonds. The molecule has 4 heteroatoms. The summed E-state index contributed by atoms with van der Waals surface area (Å²) in [5, 5.41) is 8.96. The maximum Gasteiger partial charge on any atom is 0.107 e. The molecule has 11 heavy (non-hydrogen) atoms. The Balaban J connectivity index is 2.89. The molecule has 0 saturated carbocycles. The van der Waals surface area contributed by atoms with E-state index in [4.69, 9.17) is 21.4 Å². The predicted molar refractivity (Wildman–Crippen MR) is 51.7 cm³/mol. The van der Waals surface area contributed by atoms with E-state index < -0.39 is 6.10 Å². The summed E-state index contributed by atoms with van der Waals surface area (Å²) in [6.07, 6.45) is 2.68. The molecule has 0 spiro atoms. The van der Waals surface area contributed by atoms with Crippen LogP contribution >= 0.6 is 11.6 Å². The Labute approximate surface area is 77.3 Å². The van der Waals surface area contributed by atoms with Gasteiger partial charge in [0.05, 0.1) is 31.5 Å². The van der Waals surface area contributed by atoms with Gasteiger partial charge in [-0.1, -0.05) is 0 Å². The Kier molecular flexibility index (Phi) is 9.10. The molecular formula is C7H16ClO2S+. The molecule has 0 aliphatic heterocycles. The minimum absolute atomic E-state index is 0.256. The normalized spacial score (nSPS) is 13.4. The van der Waals surface area contributed by atoms with Crippen LogP contribution in [0.1, 0.15) is 6.42 Å². The van der Waals surface area contributed by atoms with Gasteiger partial charge in [-0.05, 0) is 11.8 Å². The summed E-state index contributed by atoms with van der Waals surface area (Å²) in [6, 6.07) is 0. The molecule has 0 radical (unpaired) electrons. The fourth-order valence-electron chi connectivity index (χ4n) is 0.589. The third-order valence-electron chi connectivity index (χ3n) is 1.16. The van der Waals surface area contributed by atoms with Gasteiger partial charge in [-0.3, -0.25) is 0 Å². The second kappa shape index (κ2) is 8.65. The van der Waals surface area contributed by atoms with E-state index in [1.165, 1.54) is 11.8 Å². The lowest BCUT2D eigenvalue weighted by atomic mass is 10.4. The van der Waals surface area contributed by atoms with Crippen molar-refractivity contribution in [1.29, 1.82) is 0 Å². The van der Waals surface area contributed by atoms with Crippen molar-refractivity contribution in [1.82, 2.24) is 0 Å². The highest BCUT2D eigenvalue weighted by molar-refractivity contribution is 7.77. The second-order valence-corrected chi connectivity index (χ2v) is 3.66. The zero-order chi connectivity index (χ0) is 8.53. The van der Waals surface area contributed by atoms with E-state index in [9.17, 15) is 0 Å². The first-order chi connectivity index (χ1) is 5.31. The topological polar surface area (TPSA) is 29.5 Å². The van der Waals surface area contributed by atoms with Crippen LogP contribution in [0.4, 0.5) is 0 Å². The van der Waals surface area contributed by atoms with Gasteiger partial charge in [-0.2, -0.15) is 0 Å². The molecule has 1 unspecified atom stereocenters. The van der Waals surface area contributed by atoms with Crippen LogP contribution in [0.15, 0.2) is 0 Å². The fraction of sp³-hybridized carbons (Fsp3) is 1.00. The molecule has 0 aromatic heterocycles. The fourth-order valence-corrected chi connectivity index (χ4v) is 1.12. The quantitative estimate of drug-likeness (QED) is 0.279. The lowest BCUT2D eigenvalue weighted by Gasteiger charge is -2.05. The van der Waals surface area contributed by atoms with E-state index in [1.54, 1.807) is 0 Å². The number of aliphatic hydroxyl groups is 1. The minimum atomic E-state index is -0.504. The Morgan fingerprint density at radius 3 is 2.91 bits per heavy atom. The van der Waals surface area contributed by atoms with Crippen LogP contribution in [0.5, 0.6) is 0 Å². The van der Waals surface area contributed by atoms with Gasteiger partial charge in [-0.25, -0.2) is 0 Å². The third-order valence-corrected chi connectivity index (χ3v) is 2.28. The Morgan fingerprint density at radius 1 is 1.64 bits per heavy atom. The van der Waals surface area contributed by atoms with Crippen LogP contribution < -0.4 is 0 Å². The highest BCUT2D eigenvalue weighted by Gasteiger charge is 2.00. The number of rotatable bonds is 7. The van der Waals surface area contributed by atoms with Gasteiger partial charge in [-0.15, -0.1) is 11.6 Å². The lowest BCUT2D eigenvalue weighted by Crippen LogP contribution is -2.17. The summed E-state index contributed by atoms with van der Waals surface area (Å²) in [6.45, 7) is 1.10. The maximum absolute atomic E-state index is 8.96. The van der Waals surface area contributed by atoms with E-state index in [-0.39, 0.29) is 5.88 Å². The zero-order valence-corrected chi connectivity index (χ0v) is 8.44. The molecule has 0 saturated heterocycles. The molecule has 0 bridgehead atoms. The van der Waals surface area contributed by atoms with Crippen LogP contribution in [-0.2, 0) is 16.5 Å². The summed E-state index contributed by atoms with van der Waals surface area (Å²) in [7, 11) is 0. The Morgan fingerprint density at radius 2 is 2.36 bits per heavy atom. The van der Waals surface area contributed by atoms with Gasteiger partial charge in [0.2, 0.25) is 0 Å². The monoisotopic (exact) mass is 199 g/mol. The molecule has 2 nitrogen and oxygen atoms in total. The van der Waals surface area contributed by atoms with E-state index in [0.29, 0.717) is 6.61 Å². The number of alkyl halides is 1. The van der Waals surface area contributed by atoms with Crippen molar-refractivity contribution in [3.8, 4) is 0 Å². The number of aliphatic hydroxyl groups excluding tert-OH is 1. The van der Waals surface area contributed by atoms with Crippen molar-refractivity contribution in [2.45, 2.75) is 12.5 Å². The number of halogens is 1. The first kappa shape index (κ1) is 11.6. The summed E-state index contributed by atoms with van der Waals surface area (Å²) < 4.78 is 5.15. The smallest absolute Gasteiger partial charge is 0.107 e. The van der Waals surface area contributed by atoms with Crippen LogP contribution in [0, 0.1) is 0 Å². The van der Waals surface area contributed by atoms with Gasteiger partial charge < -0.3 is 9.84 Å². The number of ether oxygens (including phenoxy) is 1. The molecule has 0 aromatic rings. The van der Waals surface area contributed by atoms with Crippen molar-refractivity contribution in [2.24, 2.45) is 0 Å². The molecule has 0 heterocycles. The average molecular weight is 200 g/mol. The number of hydrogen-bond acceptors (Lipinski definition) is 2. The Hall–Kier alpha value is 0.560.